The zero-order valence-electron chi connectivity index (χ0n) is 10.5. The minimum Gasteiger partial charge on any atom is -0.335 e. The molecule has 4 heteroatoms. The van der Waals surface area contributed by atoms with Gasteiger partial charge in [-0.1, -0.05) is 12.1 Å². The number of quaternary nitrogens is 1. The molecule has 1 amide bonds. The molecular formula is C14H20FN2O+. The van der Waals surface area contributed by atoms with Gasteiger partial charge in [0.25, 0.3) is 0 Å². The van der Waals surface area contributed by atoms with E-state index in [1.807, 2.05) is 0 Å². The third-order valence-corrected chi connectivity index (χ3v) is 3.41. The highest BCUT2D eigenvalue weighted by Crippen LogP contribution is 2.12. The fourth-order valence-electron chi connectivity index (χ4n) is 2.37. The molecule has 3 nitrogen and oxygen atoms in total. The number of likely N-dealkylation sites (tertiary alicyclic amines) is 1. The molecule has 2 N–H and O–H groups in total. The van der Waals surface area contributed by atoms with E-state index < -0.39 is 0 Å². The Morgan fingerprint density at radius 1 is 1.22 bits per heavy atom. The van der Waals surface area contributed by atoms with Gasteiger partial charge in [-0.25, -0.2) is 4.39 Å². The number of hydrogen-bond acceptors (Lipinski definition) is 1. The molecule has 0 atom stereocenters. The lowest BCUT2D eigenvalue weighted by atomic mass is 10.1. The molecule has 0 aliphatic carbocycles. The molecule has 1 aliphatic rings. The smallest absolute Gasteiger partial charge is 0.230 e. The molecule has 0 radical (unpaired) electrons. The Kier molecular flexibility index (Phi) is 4.70. The number of halogens is 1. The molecule has 1 aliphatic heterocycles. The summed E-state index contributed by atoms with van der Waals surface area (Å²) in [6.07, 6.45) is 4.28. The van der Waals surface area contributed by atoms with Crippen molar-refractivity contribution in [3.8, 4) is 0 Å². The number of piperidine rings is 1. The maximum Gasteiger partial charge on any atom is 0.230 e. The Hall–Kier alpha value is -1.42. The first kappa shape index (κ1) is 13.0. The van der Waals surface area contributed by atoms with Crippen LogP contribution in [0.5, 0.6) is 0 Å². The molecule has 1 heterocycles. The Morgan fingerprint density at radius 2 is 1.94 bits per heavy atom. The summed E-state index contributed by atoms with van der Waals surface area (Å²) >= 11 is 0. The SMILES string of the molecule is O=C(CC[NH+]1CCCCC1)Nc1ccccc1F. The minimum absolute atomic E-state index is 0.0989. The first-order valence-electron chi connectivity index (χ1n) is 6.63. The second-order valence-corrected chi connectivity index (χ2v) is 4.84. The number of carbonyl (C=O) groups is 1. The van der Waals surface area contributed by atoms with Crippen LogP contribution in [0.4, 0.5) is 10.1 Å². The molecule has 0 saturated carbocycles. The minimum atomic E-state index is -0.379. The lowest BCUT2D eigenvalue weighted by Crippen LogP contribution is -3.12. The summed E-state index contributed by atoms with van der Waals surface area (Å²) in [6.45, 7) is 3.17. The summed E-state index contributed by atoms with van der Waals surface area (Å²) in [5.41, 5.74) is 0.274. The third-order valence-electron chi connectivity index (χ3n) is 3.41. The third kappa shape index (κ3) is 3.81. The van der Waals surface area contributed by atoms with Gasteiger partial charge < -0.3 is 10.2 Å². The highest BCUT2D eigenvalue weighted by molar-refractivity contribution is 5.90. The number of carbonyl (C=O) groups excluding carboxylic acids is 1. The number of rotatable bonds is 4. The van der Waals surface area contributed by atoms with Crippen LogP contribution in [0.3, 0.4) is 0 Å². The van der Waals surface area contributed by atoms with E-state index >= 15 is 0 Å². The van der Waals surface area contributed by atoms with Crippen molar-refractivity contribution in [2.75, 3.05) is 25.0 Å². The van der Waals surface area contributed by atoms with Crippen LogP contribution in [0.25, 0.3) is 0 Å². The molecule has 98 valence electrons. The molecule has 1 aromatic rings. The highest BCUT2D eigenvalue weighted by atomic mass is 19.1. The largest absolute Gasteiger partial charge is 0.335 e. The van der Waals surface area contributed by atoms with Crippen LogP contribution < -0.4 is 10.2 Å². The molecule has 0 aromatic heterocycles. The van der Waals surface area contributed by atoms with Gasteiger partial charge in [0.15, 0.2) is 0 Å². The van der Waals surface area contributed by atoms with E-state index in [0.717, 1.165) is 19.6 Å². The summed E-state index contributed by atoms with van der Waals surface area (Å²) < 4.78 is 13.3. The Bertz CT molecular complexity index is 403. The Labute approximate surface area is 107 Å². The van der Waals surface area contributed by atoms with Gasteiger partial charge in [0, 0.05) is 0 Å². The summed E-state index contributed by atoms with van der Waals surface area (Å²) in [7, 11) is 0. The number of hydrogen-bond donors (Lipinski definition) is 2. The number of para-hydroxylation sites is 1. The van der Waals surface area contributed by atoms with E-state index in [2.05, 4.69) is 5.32 Å². The quantitative estimate of drug-likeness (QED) is 0.829. The maximum atomic E-state index is 13.3. The topological polar surface area (TPSA) is 33.5 Å². The van der Waals surface area contributed by atoms with Crippen LogP contribution in [-0.4, -0.2) is 25.5 Å². The van der Waals surface area contributed by atoms with Gasteiger partial charge in [-0.05, 0) is 31.4 Å². The lowest BCUT2D eigenvalue weighted by Gasteiger charge is -2.23. The van der Waals surface area contributed by atoms with Crippen molar-refractivity contribution in [3.63, 3.8) is 0 Å². The van der Waals surface area contributed by atoms with Crippen LogP contribution in [0.1, 0.15) is 25.7 Å². The zero-order valence-corrected chi connectivity index (χ0v) is 10.5. The summed E-state index contributed by atoms with van der Waals surface area (Å²) in [5, 5.41) is 2.62. The first-order valence-corrected chi connectivity index (χ1v) is 6.63. The molecule has 1 fully saturated rings. The van der Waals surface area contributed by atoms with Gasteiger partial charge in [0.2, 0.25) is 5.91 Å². The van der Waals surface area contributed by atoms with E-state index in [-0.39, 0.29) is 17.4 Å². The second kappa shape index (κ2) is 6.50. The molecule has 2 rings (SSSR count). The summed E-state index contributed by atoms with van der Waals surface area (Å²) in [5.74, 6) is -0.477. The van der Waals surface area contributed by atoms with E-state index in [1.165, 1.54) is 30.2 Å². The standard InChI is InChI=1S/C14H19FN2O/c15-12-6-2-3-7-13(12)16-14(18)8-11-17-9-4-1-5-10-17/h2-3,6-7H,1,4-5,8-11H2,(H,16,18)/p+1. The van der Waals surface area contributed by atoms with E-state index in [0.29, 0.717) is 6.42 Å². The molecule has 1 aromatic carbocycles. The molecular weight excluding hydrogens is 231 g/mol. The van der Waals surface area contributed by atoms with Crippen molar-refractivity contribution in [1.29, 1.82) is 0 Å². The first-order chi connectivity index (χ1) is 8.75. The second-order valence-electron chi connectivity index (χ2n) is 4.84. The normalized spacial score (nSPS) is 16.5. The van der Waals surface area contributed by atoms with Crippen LogP contribution in [0.15, 0.2) is 24.3 Å². The molecule has 0 unspecified atom stereocenters. The van der Waals surface area contributed by atoms with Crippen molar-refractivity contribution in [2.24, 2.45) is 0 Å². The van der Waals surface area contributed by atoms with Crippen LogP contribution in [0.2, 0.25) is 0 Å². The predicted molar refractivity (Wildman–Crippen MR) is 69.1 cm³/mol. The van der Waals surface area contributed by atoms with Crippen LogP contribution >= 0.6 is 0 Å². The highest BCUT2D eigenvalue weighted by Gasteiger charge is 2.15. The average Bonchev–Trinajstić information content (AvgIpc) is 2.40. The van der Waals surface area contributed by atoms with Crippen LogP contribution in [-0.2, 0) is 4.79 Å². The fraction of sp³-hybridized carbons (Fsp3) is 0.500. The Morgan fingerprint density at radius 3 is 2.67 bits per heavy atom. The predicted octanol–water partition coefficient (Wildman–Crippen LogP) is 1.22. The van der Waals surface area contributed by atoms with Crippen molar-refractivity contribution in [1.82, 2.24) is 0 Å². The Balaban J connectivity index is 1.76. The zero-order chi connectivity index (χ0) is 12.8. The van der Waals surface area contributed by atoms with Gasteiger partial charge in [0.05, 0.1) is 31.7 Å². The number of amides is 1. The molecule has 18 heavy (non-hydrogen) atoms. The van der Waals surface area contributed by atoms with Gasteiger partial charge in [-0.15, -0.1) is 0 Å². The molecule has 0 bridgehead atoms. The van der Waals surface area contributed by atoms with Crippen LogP contribution in [0, 0.1) is 5.82 Å². The van der Waals surface area contributed by atoms with Crippen molar-refractivity contribution < 1.29 is 14.1 Å². The molecule has 1 saturated heterocycles. The lowest BCUT2D eigenvalue weighted by molar-refractivity contribution is -0.904. The van der Waals surface area contributed by atoms with E-state index in [1.54, 1.807) is 18.2 Å². The van der Waals surface area contributed by atoms with Gasteiger partial charge >= 0.3 is 0 Å². The van der Waals surface area contributed by atoms with Gasteiger partial charge in [-0.2, -0.15) is 0 Å². The summed E-state index contributed by atoms with van der Waals surface area (Å²) in [6, 6.07) is 6.27. The number of nitrogens with one attached hydrogen (secondary N) is 2. The fourth-order valence-corrected chi connectivity index (χ4v) is 2.37. The average molecular weight is 251 g/mol. The number of anilines is 1. The van der Waals surface area contributed by atoms with Crippen molar-refractivity contribution in [2.45, 2.75) is 25.7 Å². The monoisotopic (exact) mass is 251 g/mol. The van der Waals surface area contributed by atoms with E-state index in [4.69, 9.17) is 0 Å². The molecule has 0 spiro atoms. The van der Waals surface area contributed by atoms with Crippen molar-refractivity contribution >= 4 is 11.6 Å². The van der Waals surface area contributed by atoms with Gasteiger partial charge in [-0.3, -0.25) is 4.79 Å². The van der Waals surface area contributed by atoms with E-state index in [9.17, 15) is 9.18 Å². The maximum absolute atomic E-state index is 13.3. The van der Waals surface area contributed by atoms with Gasteiger partial charge in [0.1, 0.15) is 5.82 Å². The number of benzene rings is 1. The summed E-state index contributed by atoms with van der Waals surface area (Å²) in [4.78, 5) is 13.2. The van der Waals surface area contributed by atoms with Crippen molar-refractivity contribution in [3.05, 3.63) is 30.1 Å².